The van der Waals surface area contributed by atoms with Gasteiger partial charge in [0.25, 0.3) is 5.91 Å². The van der Waals surface area contributed by atoms with Gasteiger partial charge in [0.15, 0.2) is 0 Å². The van der Waals surface area contributed by atoms with Crippen molar-refractivity contribution >= 4 is 51.9 Å². The van der Waals surface area contributed by atoms with Crippen LogP contribution in [-0.4, -0.2) is 87.1 Å². The summed E-state index contributed by atoms with van der Waals surface area (Å²) in [5.41, 5.74) is 2.52. The van der Waals surface area contributed by atoms with Crippen LogP contribution in [0.4, 0.5) is 0 Å². The standard InChI is InChI=1S/C30H35Cl2N7O5/c31-23-12-22(20(6-10-41)11-19(5-9-40)18-3-4-21-15-36-38-25(21)14-18)13-24(32)27(23)28(42)37-26(29(43)44)16-34-30(35-17-33)39-7-1-2-8-39/h3-4,12-15,19-20,26,40-41H,1-2,5-11,16H2,(H,34,35)(H,36,38)(H,37,42)(H,43,44)/t19?,20?,26-/m0/s1. The number of aliphatic imine (C=N–C) groups is 1. The fourth-order valence-electron chi connectivity index (χ4n) is 5.57. The number of carbonyl (C=O) groups is 2. The molecule has 1 amide bonds. The zero-order valence-electron chi connectivity index (χ0n) is 24.0. The number of aromatic nitrogens is 2. The van der Waals surface area contributed by atoms with E-state index >= 15 is 0 Å². The number of nitrogens with one attached hydrogen (secondary N) is 3. The highest BCUT2D eigenvalue weighted by Gasteiger charge is 2.27. The third-order valence-corrected chi connectivity index (χ3v) is 8.45. The Labute approximate surface area is 264 Å². The molecule has 3 atom stereocenters. The second kappa shape index (κ2) is 15.7. The lowest BCUT2D eigenvalue weighted by Gasteiger charge is -2.25. The van der Waals surface area contributed by atoms with Crippen LogP contribution in [0.15, 0.2) is 41.5 Å². The molecule has 2 unspecified atom stereocenters. The van der Waals surface area contributed by atoms with Crippen LogP contribution in [0.3, 0.4) is 0 Å². The fourth-order valence-corrected chi connectivity index (χ4v) is 6.25. The average Bonchev–Trinajstić information content (AvgIpc) is 3.70. The van der Waals surface area contributed by atoms with Crippen LogP contribution in [0.1, 0.15) is 65.4 Å². The Hall–Kier alpha value is -3.89. The van der Waals surface area contributed by atoms with Gasteiger partial charge in [-0.3, -0.25) is 9.89 Å². The van der Waals surface area contributed by atoms with Crippen LogP contribution in [0.25, 0.3) is 10.9 Å². The molecule has 2 aromatic carbocycles. The summed E-state index contributed by atoms with van der Waals surface area (Å²) in [6.07, 6.45) is 6.77. The number of fused-ring (bicyclic) bond motifs is 1. The van der Waals surface area contributed by atoms with E-state index in [0.29, 0.717) is 37.9 Å². The van der Waals surface area contributed by atoms with E-state index in [1.807, 2.05) is 23.1 Å². The normalized spacial score (nSPS) is 15.5. The molecular weight excluding hydrogens is 609 g/mol. The van der Waals surface area contributed by atoms with Gasteiger partial charge in [-0.1, -0.05) is 35.3 Å². The minimum Gasteiger partial charge on any atom is -0.480 e. The predicted octanol–water partition coefficient (Wildman–Crippen LogP) is 3.60. The molecule has 0 spiro atoms. The number of aliphatic hydroxyl groups excluding tert-OH is 2. The summed E-state index contributed by atoms with van der Waals surface area (Å²) < 4.78 is 0. The lowest BCUT2D eigenvalue weighted by Crippen LogP contribution is -2.51. The van der Waals surface area contributed by atoms with Gasteiger partial charge in [0.2, 0.25) is 12.2 Å². The van der Waals surface area contributed by atoms with Crippen LogP contribution < -0.4 is 10.6 Å². The van der Waals surface area contributed by atoms with E-state index in [4.69, 9.17) is 28.5 Å². The van der Waals surface area contributed by atoms with Crippen molar-refractivity contribution in [3.8, 4) is 6.19 Å². The minimum absolute atomic E-state index is 0.0281. The van der Waals surface area contributed by atoms with E-state index in [2.05, 4.69) is 25.8 Å². The van der Waals surface area contributed by atoms with Crippen LogP contribution in [0, 0.1) is 11.5 Å². The maximum atomic E-state index is 13.2. The summed E-state index contributed by atoms with van der Waals surface area (Å²) in [6, 6.07) is 7.81. The van der Waals surface area contributed by atoms with Crippen molar-refractivity contribution in [2.45, 2.75) is 50.0 Å². The summed E-state index contributed by atoms with van der Waals surface area (Å²) in [5, 5.41) is 51.9. The SMILES string of the molecule is N#C/N=C(\NC[C@H](NC(=O)c1c(Cl)cc(C(CCO)CC(CCO)c2ccc3cn[nH]c3c2)cc1Cl)C(=O)O)N1CCCC1. The first kappa shape index (κ1) is 33.0. The van der Waals surface area contributed by atoms with Crippen molar-refractivity contribution in [1.29, 1.82) is 5.26 Å². The van der Waals surface area contributed by atoms with Gasteiger partial charge in [-0.2, -0.15) is 10.4 Å². The molecule has 0 aliphatic carbocycles. The average molecular weight is 645 g/mol. The number of likely N-dealkylation sites (tertiary alicyclic amines) is 1. The van der Waals surface area contributed by atoms with Gasteiger partial charge in [-0.05, 0) is 73.3 Å². The Morgan fingerprint density at radius 1 is 1.07 bits per heavy atom. The van der Waals surface area contributed by atoms with Crippen LogP contribution in [-0.2, 0) is 4.79 Å². The van der Waals surface area contributed by atoms with Crippen LogP contribution >= 0.6 is 23.2 Å². The summed E-state index contributed by atoms with van der Waals surface area (Å²) in [6.45, 7) is 1.02. The first-order chi connectivity index (χ1) is 21.2. The largest absolute Gasteiger partial charge is 0.480 e. The highest BCUT2D eigenvalue weighted by molar-refractivity contribution is 6.39. The number of carboxylic acid groups (broad SMARTS) is 1. The first-order valence-corrected chi connectivity index (χ1v) is 15.1. The molecule has 0 radical (unpaired) electrons. The fraction of sp³-hybridized carbons (Fsp3) is 0.433. The molecule has 234 valence electrons. The zero-order valence-corrected chi connectivity index (χ0v) is 25.5. The van der Waals surface area contributed by atoms with Gasteiger partial charge in [-0.15, -0.1) is 4.99 Å². The predicted molar refractivity (Wildman–Crippen MR) is 167 cm³/mol. The summed E-state index contributed by atoms with van der Waals surface area (Å²) in [7, 11) is 0. The molecule has 2 heterocycles. The number of hydrogen-bond acceptors (Lipinski definition) is 7. The van der Waals surface area contributed by atoms with Gasteiger partial charge >= 0.3 is 5.97 Å². The smallest absolute Gasteiger partial charge is 0.328 e. The maximum absolute atomic E-state index is 13.2. The number of nitriles is 1. The van der Waals surface area contributed by atoms with Gasteiger partial charge in [-0.25, -0.2) is 4.79 Å². The third kappa shape index (κ3) is 8.18. The maximum Gasteiger partial charge on any atom is 0.328 e. The van der Waals surface area contributed by atoms with Gasteiger partial charge in [0.1, 0.15) is 6.04 Å². The van der Waals surface area contributed by atoms with E-state index in [0.717, 1.165) is 29.3 Å². The highest BCUT2D eigenvalue weighted by Crippen LogP contribution is 2.38. The molecule has 12 nitrogen and oxygen atoms in total. The van der Waals surface area contributed by atoms with E-state index in [-0.39, 0.29) is 53.2 Å². The Kier molecular flexibility index (Phi) is 11.8. The molecule has 1 aromatic heterocycles. The molecule has 44 heavy (non-hydrogen) atoms. The monoisotopic (exact) mass is 643 g/mol. The number of nitrogens with zero attached hydrogens (tertiary/aromatic N) is 4. The van der Waals surface area contributed by atoms with E-state index in [9.17, 15) is 24.9 Å². The molecule has 3 aromatic rings. The molecular formula is C30H35Cl2N7O5. The highest BCUT2D eigenvalue weighted by atomic mass is 35.5. The van der Waals surface area contributed by atoms with Gasteiger partial charge in [0.05, 0.1) is 27.3 Å². The summed E-state index contributed by atoms with van der Waals surface area (Å²) >= 11 is 13.2. The molecule has 0 bridgehead atoms. The Morgan fingerprint density at radius 3 is 2.34 bits per heavy atom. The van der Waals surface area contributed by atoms with Gasteiger partial charge in [0, 0.05) is 38.2 Å². The lowest BCUT2D eigenvalue weighted by atomic mass is 9.81. The Balaban J connectivity index is 1.51. The van der Waals surface area contributed by atoms with Crippen molar-refractivity contribution < 1.29 is 24.9 Å². The second-order valence-corrected chi connectivity index (χ2v) is 11.5. The Morgan fingerprint density at radius 2 is 1.73 bits per heavy atom. The third-order valence-electron chi connectivity index (χ3n) is 7.85. The molecule has 6 N–H and O–H groups in total. The Bertz CT molecular complexity index is 1510. The van der Waals surface area contributed by atoms with Crippen molar-refractivity contribution in [2.24, 2.45) is 4.99 Å². The number of rotatable bonds is 13. The van der Waals surface area contributed by atoms with Crippen molar-refractivity contribution in [1.82, 2.24) is 25.7 Å². The summed E-state index contributed by atoms with van der Waals surface area (Å²) in [4.78, 5) is 30.8. The van der Waals surface area contributed by atoms with Crippen molar-refractivity contribution in [2.75, 3.05) is 32.8 Å². The molecule has 4 rings (SSSR count). The van der Waals surface area contributed by atoms with Crippen molar-refractivity contribution in [3.05, 3.63) is 63.3 Å². The van der Waals surface area contributed by atoms with E-state index in [1.165, 1.54) is 0 Å². The molecule has 1 aliphatic heterocycles. The number of amides is 1. The number of hydrogen-bond donors (Lipinski definition) is 6. The lowest BCUT2D eigenvalue weighted by molar-refractivity contribution is -0.139. The van der Waals surface area contributed by atoms with E-state index < -0.39 is 17.9 Å². The van der Waals surface area contributed by atoms with E-state index in [1.54, 1.807) is 24.5 Å². The quantitative estimate of drug-likeness (QED) is 0.0919. The van der Waals surface area contributed by atoms with Crippen LogP contribution in [0.2, 0.25) is 10.0 Å². The molecule has 14 heteroatoms. The number of aliphatic hydroxyl groups is 2. The molecule has 1 saturated heterocycles. The molecule has 1 aliphatic rings. The second-order valence-electron chi connectivity index (χ2n) is 10.7. The van der Waals surface area contributed by atoms with Crippen molar-refractivity contribution in [3.63, 3.8) is 0 Å². The topological polar surface area (TPSA) is 187 Å². The molecule has 0 saturated carbocycles. The van der Waals surface area contributed by atoms with Crippen LogP contribution in [0.5, 0.6) is 0 Å². The van der Waals surface area contributed by atoms with Gasteiger partial charge < -0.3 is 30.9 Å². The number of halogens is 2. The number of carboxylic acids is 1. The minimum atomic E-state index is -1.37. The summed E-state index contributed by atoms with van der Waals surface area (Å²) in [5.74, 6) is -2.07. The number of aliphatic carboxylic acids is 1. The number of guanidine groups is 1. The number of aromatic amines is 1. The first-order valence-electron chi connectivity index (χ1n) is 14.4. The number of benzene rings is 2. The zero-order chi connectivity index (χ0) is 31.6. The number of H-pyrrole nitrogens is 1. The molecule has 1 fully saturated rings. The number of carbonyl (C=O) groups excluding carboxylic acids is 1.